The quantitative estimate of drug-likeness (QED) is 0.625. The molecule has 0 saturated carbocycles. The molecule has 6 heteroatoms. The van der Waals surface area contributed by atoms with Gasteiger partial charge in [0.1, 0.15) is 0 Å². The van der Waals surface area contributed by atoms with Gasteiger partial charge in [0, 0.05) is 57.7 Å². The molecule has 3 rings (SSSR count). The molecular weight excluding hydrogens is 314 g/mol. The van der Waals surface area contributed by atoms with Crippen molar-refractivity contribution < 1.29 is 4.79 Å². The number of nitrogens with one attached hydrogen (secondary N) is 2. The van der Waals surface area contributed by atoms with Gasteiger partial charge in [0.2, 0.25) is 5.91 Å². The lowest BCUT2D eigenvalue weighted by atomic mass is 10.2. The molecular formula is C19H25N5O. The van der Waals surface area contributed by atoms with Gasteiger partial charge in [-0.3, -0.25) is 9.79 Å². The van der Waals surface area contributed by atoms with Gasteiger partial charge < -0.3 is 20.1 Å². The van der Waals surface area contributed by atoms with Crippen LogP contribution >= 0.6 is 0 Å². The fourth-order valence-corrected chi connectivity index (χ4v) is 2.94. The van der Waals surface area contributed by atoms with Crippen molar-refractivity contribution >= 4 is 17.6 Å². The van der Waals surface area contributed by atoms with Gasteiger partial charge in [0.05, 0.1) is 0 Å². The van der Waals surface area contributed by atoms with Gasteiger partial charge in [-0.1, -0.05) is 12.1 Å². The minimum atomic E-state index is 0.221. The van der Waals surface area contributed by atoms with Crippen LogP contribution in [0.2, 0.25) is 0 Å². The van der Waals surface area contributed by atoms with E-state index in [1.807, 2.05) is 41.6 Å². The van der Waals surface area contributed by atoms with Crippen molar-refractivity contribution in [3.8, 4) is 0 Å². The Hall–Kier alpha value is -2.76. The van der Waals surface area contributed by atoms with Gasteiger partial charge >= 0.3 is 0 Å². The van der Waals surface area contributed by atoms with Crippen LogP contribution < -0.4 is 15.5 Å². The largest absolute Gasteiger partial charge is 0.355 e. The monoisotopic (exact) mass is 339 g/mol. The van der Waals surface area contributed by atoms with Crippen LogP contribution in [0.3, 0.4) is 0 Å². The average molecular weight is 339 g/mol. The smallest absolute Gasteiger partial charge is 0.227 e. The molecule has 1 aliphatic rings. The molecule has 1 aromatic heterocycles. The number of aliphatic imine (C=N–C) groups is 1. The molecule has 1 aromatic carbocycles. The second-order valence-electron chi connectivity index (χ2n) is 6.09. The van der Waals surface area contributed by atoms with Gasteiger partial charge in [0.15, 0.2) is 5.96 Å². The van der Waals surface area contributed by atoms with Crippen molar-refractivity contribution in [2.75, 3.05) is 25.0 Å². The molecule has 0 bridgehead atoms. The third-order valence-electron chi connectivity index (χ3n) is 4.33. The second-order valence-corrected chi connectivity index (χ2v) is 6.09. The molecule has 1 amide bonds. The fourth-order valence-electron chi connectivity index (χ4n) is 2.94. The standard InChI is InChI=1S/C19H25N5O/c1-20-19(21-10-14-23-11-2-3-12-23)22-15-16-6-8-17(9-7-16)24-13-4-5-18(24)25/h2-3,6-9,11-12H,4-5,10,13-15H2,1H3,(H2,20,21,22). The van der Waals surface area contributed by atoms with E-state index in [1.54, 1.807) is 7.05 Å². The molecule has 0 unspecified atom stereocenters. The molecule has 1 aliphatic heterocycles. The highest BCUT2D eigenvalue weighted by atomic mass is 16.2. The van der Waals surface area contributed by atoms with Crippen LogP contribution in [-0.2, 0) is 17.9 Å². The van der Waals surface area contributed by atoms with Crippen LogP contribution in [0.1, 0.15) is 18.4 Å². The first-order chi connectivity index (χ1) is 12.3. The molecule has 25 heavy (non-hydrogen) atoms. The number of nitrogens with zero attached hydrogens (tertiary/aromatic N) is 3. The summed E-state index contributed by atoms with van der Waals surface area (Å²) in [7, 11) is 1.77. The summed E-state index contributed by atoms with van der Waals surface area (Å²) in [6, 6.07) is 12.2. The van der Waals surface area contributed by atoms with E-state index in [-0.39, 0.29) is 5.91 Å². The van der Waals surface area contributed by atoms with Crippen molar-refractivity contribution in [2.24, 2.45) is 4.99 Å². The van der Waals surface area contributed by atoms with Crippen LogP contribution in [0.15, 0.2) is 53.8 Å². The van der Waals surface area contributed by atoms with Crippen molar-refractivity contribution in [3.63, 3.8) is 0 Å². The van der Waals surface area contributed by atoms with E-state index in [9.17, 15) is 4.79 Å². The van der Waals surface area contributed by atoms with E-state index in [4.69, 9.17) is 0 Å². The third kappa shape index (κ3) is 4.62. The first-order valence-corrected chi connectivity index (χ1v) is 8.71. The van der Waals surface area contributed by atoms with E-state index in [2.05, 4.69) is 32.3 Å². The van der Waals surface area contributed by atoms with Crippen LogP contribution in [0.4, 0.5) is 5.69 Å². The Labute approximate surface area is 148 Å². The minimum absolute atomic E-state index is 0.221. The molecule has 1 fully saturated rings. The molecule has 6 nitrogen and oxygen atoms in total. The van der Waals surface area contributed by atoms with Crippen LogP contribution in [0.5, 0.6) is 0 Å². The number of aromatic nitrogens is 1. The van der Waals surface area contributed by atoms with Gasteiger partial charge in [-0.15, -0.1) is 0 Å². The molecule has 132 valence electrons. The van der Waals surface area contributed by atoms with Crippen molar-refractivity contribution in [2.45, 2.75) is 25.9 Å². The normalized spacial score (nSPS) is 14.8. The average Bonchev–Trinajstić information content (AvgIpc) is 3.30. The van der Waals surface area contributed by atoms with E-state index >= 15 is 0 Å². The molecule has 0 spiro atoms. The van der Waals surface area contributed by atoms with Crippen molar-refractivity contribution in [1.29, 1.82) is 0 Å². The molecule has 2 N–H and O–H groups in total. The Kier molecular flexibility index (Phi) is 5.72. The number of amides is 1. The number of carbonyl (C=O) groups is 1. The summed E-state index contributed by atoms with van der Waals surface area (Å²) in [6.45, 7) is 3.22. The maximum absolute atomic E-state index is 11.8. The summed E-state index contributed by atoms with van der Waals surface area (Å²) in [4.78, 5) is 17.9. The predicted molar refractivity (Wildman–Crippen MR) is 101 cm³/mol. The van der Waals surface area contributed by atoms with Gasteiger partial charge in [-0.05, 0) is 36.2 Å². The van der Waals surface area contributed by atoms with Crippen molar-refractivity contribution in [1.82, 2.24) is 15.2 Å². The molecule has 0 radical (unpaired) electrons. The first-order valence-electron chi connectivity index (χ1n) is 8.71. The lowest BCUT2D eigenvalue weighted by molar-refractivity contribution is -0.117. The maximum Gasteiger partial charge on any atom is 0.227 e. The maximum atomic E-state index is 11.8. The van der Waals surface area contributed by atoms with Crippen LogP contribution in [0.25, 0.3) is 0 Å². The second kappa shape index (κ2) is 8.37. The number of rotatable bonds is 6. The number of anilines is 1. The Bertz CT molecular complexity index is 706. The summed E-state index contributed by atoms with van der Waals surface area (Å²) in [5.41, 5.74) is 2.14. The number of hydrogen-bond acceptors (Lipinski definition) is 2. The fraction of sp³-hybridized carbons (Fsp3) is 0.368. The Morgan fingerprint density at radius 1 is 1.16 bits per heavy atom. The van der Waals surface area contributed by atoms with Gasteiger partial charge in [-0.2, -0.15) is 0 Å². The van der Waals surface area contributed by atoms with Crippen LogP contribution in [-0.4, -0.2) is 36.6 Å². The van der Waals surface area contributed by atoms with E-state index in [1.165, 1.54) is 0 Å². The Balaban J connectivity index is 1.45. The highest BCUT2D eigenvalue weighted by Gasteiger charge is 2.21. The zero-order valence-electron chi connectivity index (χ0n) is 14.6. The topological polar surface area (TPSA) is 61.7 Å². The van der Waals surface area contributed by atoms with E-state index < -0.39 is 0 Å². The molecule has 0 aliphatic carbocycles. The molecule has 2 aromatic rings. The van der Waals surface area contributed by atoms with Gasteiger partial charge in [0.25, 0.3) is 0 Å². The molecule has 1 saturated heterocycles. The summed E-state index contributed by atoms with van der Waals surface area (Å²) in [6.07, 6.45) is 5.70. The summed E-state index contributed by atoms with van der Waals surface area (Å²) < 4.78 is 2.12. The Morgan fingerprint density at radius 2 is 1.92 bits per heavy atom. The predicted octanol–water partition coefficient (Wildman–Crippen LogP) is 1.98. The molecule has 0 atom stereocenters. The number of guanidine groups is 1. The van der Waals surface area contributed by atoms with Crippen molar-refractivity contribution in [3.05, 3.63) is 54.4 Å². The molecule has 2 heterocycles. The minimum Gasteiger partial charge on any atom is -0.355 e. The zero-order chi connectivity index (χ0) is 17.5. The van der Waals surface area contributed by atoms with E-state index in [0.717, 1.165) is 43.3 Å². The number of benzene rings is 1. The first kappa shape index (κ1) is 17.1. The zero-order valence-corrected chi connectivity index (χ0v) is 14.6. The highest BCUT2D eigenvalue weighted by molar-refractivity contribution is 5.95. The summed E-state index contributed by atoms with van der Waals surface area (Å²) in [5, 5.41) is 6.62. The SMILES string of the molecule is CN=C(NCCn1cccc1)NCc1ccc(N2CCCC2=O)cc1. The summed E-state index contributed by atoms with van der Waals surface area (Å²) >= 11 is 0. The third-order valence-corrected chi connectivity index (χ3v) is 4.33. The lowest BCUT2D eigenvalue weighted by Gasteiger charge is -2.16. The number of carbonyl (C=O) groups excluding carboxylic acids is 1. The lowest BCUT2D eigenvalue weighted by Crippen LogP contribution is -2.38. The van der Waals surface area contributed by atoms with E-state index in [0.29, 0.717) is 13.0 Å². The van der Waals surface area contributed by atoms with Crippen LogP contribution in [0, 0.1) is 0 Å². The van der Waals surface area contributed by atoms with Gasteiger partial charge in [-0.25, -0.2) is 0 Å². The highest BCUT2D eigenvalue weighted by Crippen LogP contribution is 2.21. The Morgan fingerprint density at radius 3 is 2.56 bits per heavy atom. The summed E-state index contributed by atoms with van der Waals surface area (Å²) in [5.74, 6) is 1.00. The number of hydrogen-bond donors (Lipinski definition) is 2.